The van der Waals surface area contributed by atoms with Gasteiger partial charge in [0.1, 0.15) is 5.58 Å². The summed E-state index contributed by atoms with van der Waals surface area (Å²) in [5.74, 6) is 5.55. The smallest absolute Gasteiger partial charge is 0.332 e. The van der Waals surface area contributed by atoms with Crippen molar-refractivity contribution in [2.75, 3.05) is 0 Å². The maximum atomic E-state index is 12.2. The molecule has 0 fully saturated rings. The first-order chi connectivity index (χ1) is 14.7. The van der Waals surface area contributed by atoms with Crippen molar-refractivity contribution in [2.24, 2.45) is 0 Å². The van der Waals surface area contributed by atoms with Crippen molar-refractivity contribution < 1.29 is 14.0 Å². The fourth-order valence-electron chi connectivity index (χ4n) is 2.61. The van der Waals surface area contributed by atoms with E-state index in [9.17, 15) is 9.59 Å². The van der Waals surface area contributed by atoms with Crippen molar-refractivity contribution >= 4 is 34.9 Å². The van der Waals surface area contributed by atoms with Gasteiger partial charge in [0.15, 0.2) is 5.76 Å². The van der Waals surface area contributed by atoms with Crippen LogP contribution in [0.1, 0.15) is 21.7 Å². The van der Waals surface area contributed by atoms with Crippen molar-refractivity contribution in [3.63, 3.8) is 0 Å². The normalized spacial score (nSPS) is 10.1. The summed E-state index contributed by atoms with van der Waals surface area (Å²) in [6.07, 6.45) is 3.38. The van der Waals surface area contributed by atoms with Crippen molar-refractivity contribution in [3.8, 4) is 11.8 Å². The summed E-state index contributed by atoms with van der Waals surface area (Å²) in [6.45, 7) is 0. The summed E-state index contributed by atoms with van der Waals surface area (Å²) in [5.41, 5.74) is 2.20. The number of furan rings is 1. The SMILES string of the molecule is O=C(NSc1cccc(C#Cc2cccnc2)c1)NC(=O)c1cc2ccccc2o1. The summed E-state index contributed by atoms with van der Waals surface area (Å²) >= 11 is 1.08. The lowest BCUT2D eigenvalue weighted by atomic mass is 10.2. The molecule has 0 aliphatic carbocycles. The maximum absolute atomic E-state index is 12.2. The van der Waals surface area contributed by atoms with Crippen LogP contribution in [0.15, 0.2) is 88.4 Å². The molecule has 0 saturated carbocycles. The van der Waals surface area contributed by atoms with Gasteiger partial charge in [0, 0.05) is 33.8 Å². The van der Waals surface area contributed by atoms with Crippen molar-refractivity contribution in [1.29, 1.82) is 0 Å². The molecular weight excluding hydrogens is 398 g/mol. The van der Waals surface area contributed by atoms with E-state index in [1.807, 2.05) is 54.6 Å². The van der Waals surface area contributed by atoms with Gasteiger partial charge in [-0.1, -0.05) is 36.1 Å². The van der Waals surface area contributed by atoms with Crippen molar-refractivity contribution in [2.45, 2.75) is 4.90 Å². The summed E-state index contributed by atoms with van der Waals surface area (Å²) in [5, 5.41) is 3.04. The summed E-state index contributed by atoms with van der Waals surface area (Å²) in [6, 6.07) is 19.3. The highest BCUT2D eigenvalue weighted by molar-refractivity contribution is 7.98. The Labute approximate surface area is 176 Å². The minimum absolute atomic E-state index is 0.0732. The molecule has 2 heterocycles. The van der Waals surface area contributed by atoms with E-state index >= 15 is 0 Å². The van der Waals surface area contributed by atoms with Crippen LogP contribution in [0.3, 0.4) is 0 Å². The number of carbonyl (C=O) groups excluding carboxylic acids is 2. The fourth-order valence-corrected chi connectivity index (χ4v) is 3.20. The third-order valence-corrected chi connectivity index (χ3v) is 4.76. The monoisotopic (exact) mass is 413 g/mol. The first-order valence-electron chi connectivity index (χ1n) is 8.96. The number of nitrogens with one attached hydrogen (secondary N) is 2. The number of hydrogen-bond donors (Lipinski definition) is 2. The van der Waals surface area contributed by atoms with Crippen LogP contribution in [0.25, 0.3) is 11.0 Å². The molecule has 30 heavy (non-hydrogen) atoms. The van der Waals surface area contributed by atoms with E-state index in [0.717, 1.165) is 33.4 Å². The van der Waals surface area contributed by atoms with Crippen LogP contribution in [0.2, 0.25) is 0 Å². The standard InChI is InChI=1S/C23H15N3O3S/c27-22(21-14-18-7-1-2-9-20(18)29-21)25-23(28)26-30-19-8-3-5-16(13-19)10-11-17-6-4-12-24-15-17/h1-9,12-15H,(H2,25,26,27,28). The molecule has 4 rings (SSSR count). The quantitative estimate of drug-likeness (QED) is 0.385. The minimum Gasteiger partial charge on any atom is -0.451 e. The lowest BCUT2D eigenvalue weighted by Gasteiger charge is -2.05. The first kappa shape index (κ1) is 19.3. The Balaban J connectivity index is 1.34. The number of aromatic nitrogens is 1. The summed E-state index contributed by atoms with van der Waals surface area (Å²) in [7, 11) is 0. The predicted octanol–water partition coefficient (Wildman–Crippen LogP) is 4.37. The lowest BCUT2D eigenvalue weighted by molar-refractivity contribution is 0.0940. The average molecular weight is 413 g/mol. The average Bonchev–Trinajstić information content (AvgIpc) is 3.22. The molecule has 6 nitrogen and oxygen atoms in total. The Morgan fingerprint density at radius 1 is 0.933 bits per heavy atom. The van der Waals surface area contributed by atoms with Crippen LogP contribution in [0.4, 0.5) is 4.79 Å². The largest absolute Gasteiger partial charge is 0.451 e. The van der Waals surface area contributed by atoms with Gasteiger partial charge >= 0.3 is 6.03 Å². The van der Waals surface area contributed by atoms with Gasteiger partial charge in [0.05, 0.1) is 0 Å². The number of benzene rings is 2. The van der Waals surface area contributed by atoms with Gasteiger partial charge in [-0.15, -0.1) is 0 Å². The second-order valence-electron chi connectivity index (χ2n) is 6.16. The van der Waals surface area contributed by atoms with Gasteiger partial charge in [-0.25, -0.2) is 4.79 Å². The Hall–Kier alpha value is -4.02. The number of imide groups is 1. The fraction of sp³-hybridized carbons (Fsp3) is 0. The number of hydrogen-bond acceptors (Lipinski definition) is 5. The highest BCUT2D eigenvalue weighted by Crippen LogP contribution is 2.19. The number of para-hydroxylation sites is 1. The topological polar surface area (TPSA) is 84.2 Å². The Kier molecular flexibility index (Phi) is 5.78. The molecule has 0 bridgehead atoms. The van der Waals surface area contributed by atoms with E-state index in [0.29, 0.717) is 5.58 Å². The second-order valence-corrected chi connectivity index (χ2v) is 7.04. The van der Waals surface area contributed by atoms with Crippen LogP contribution < -0.4 is 10.0 Å². The number of pyridine rings is 1. The third kappa shape index (κ3) is 4.87. The maximum Gasteiger partial charge on any atom is 0.332 e. The molecule has 2 aromatic heterocycles. The van der Waals surface area contributed by atoms with E-state index < -0.39 is 11.9 Å². The van der Waals surface area contributed by atoms with Gasteiger partial charge in [-0.05, 0) is 54.4 Å². The van der Waals surface area contributed by atoms with E-state index in [4.69, 9.17) is 4.42 Å². The van der Waals surface area contributed by atoms with Gasteiger partial charge in [-0.2, -0.15) is 0 Å². The number of nitrogens with zero attached hydrogens (tertiary/aromatic N) is 1. The number of carbonyl (C=O) groups is 2. The molecule has 0 atom stereocenters. The first-order valence-corrected chi connectivity index (χ1v) is 9.78. The van der Waals surface area contributed by atoms with Gasteiger partial charge < -0.3 is 4.42 Å². The zero-order valence-corrected chi connectivity index (χ0v) is 16.4. The van der Waals surface area contributed by atoms with Crippen LogP contribution in [0.5, 0.6) is 0 Å². The highest BCUT2D eigenvalue weighted by atomic mass is 32.2. The molecule has 0 spiro atoms. The van der Waals surface area contributed by atoms with Crippen LogP contribution in [0, 0.1) is 11.8 Å². The molecule has 0 unspecified atom stereocenters. The van der Waals surface area contributed by atoms with Gasteiger partial charge in [0.25, 0.3) is 5.91 Å². The number of amides is 3. The molecular formula is C23H15N3O3S. The van der Waals surface area contributed by atoms with E-state index in [-0.39, 0.29) is 5.76 Å². The molecule has 0 saturated heterocycles. The minimum atomic E-state index is -0.641. The Morgan fingerprint density at radius 2 is 1.77 bits per heavy atom. The van der Waals surface area contributed by atoms with Crippen molar-refractivity contribution in [1.82, 2.24) is 15.0 Å². The molecule has 0 aliphatic rings. The van der Waals surface area contributed by atoms with Crippen LogP contribution >= 0.6 is 11.9 Å². The van der Waals surface area contributed by atoms with Gasteiger partial charge in [-0.3, -0.25) is 19.8 Å². The zero-order valence-electron chi connectivity index (χ0n) is 15.6. The van der Waals surface area contributed by atoms with E-state index in [1.165, 1.54) is 0 Å². The number of rotatable bonds is 3. The number of urea groups is 1. The molecule has 2 N–H and O–H groups in total. The Bertz CT molecular complexity index is 1240. The molecule has 2 aromatic carbocycles. The van der Waals surface area contributed by atoms with Crippen LogP contribution in [-0.4, -0.2) is 16.9 Å². The molecule has 4 aromatic rings. The predicted molar refractivity (Wildman–Crippen MR) is 115 cm³/mol. The van der Waals surface area contributed by atoms with Crippen molar-refractivity contribution in [3.05, 3.63) is 96.0 Å². The highest BCUT2D eigenvalue weighted by Gasteiger charge is 2.15. The van der Waals surface area contributed by atoms with Crippen LogP contribution in [-0.2, 0) is 0 Å². The van der Waals surface area contributed by atoms with Gasteiger partial charge in [0.2, 0.25) is 0 Å². The molecule has 0 aliphatic heterocycles. The molecule has 146 valence electrons. The summed E-state index contributed by atoms with van der Waals surface area (Å²) < 4.78 is 8.03. The molecule has 0 radical (unpaired) electrons. The molecule has 7 heteroatoms. The second kappa shape index (κ2) is 8.99. The summed E-state index contributed by atoms with van der Waals surface area (Å²) in [4.78, 5) is 29.1. The molecule has 3 amide bonds. The van der Waals surface area contributed by atoms with E-state index in [2.05, 4.69) is 26.9 Å². The lowest BCUT2D eigenvalue weighted by Crippen LogP contribution is -2.36. The third-order valence-electron chi connectivity index (χ3n) is 3.98. The number of fused-ring (bicyclic) bond motifs is 1. The zero-order chi connectivity index (χ0) is 20.8. The van der Waals surface area contributed by atoms with E-state index in [1.54, 1.807) is 24.5 Å². The Morgan fingerprint density at radius 3 is 2.60 bits per heavy atom.